The summed E-state index contributed by atoms with van der Waals surface area (Å²) in [6.45, 7) is 4.65. The number of likely N-dealkylation sites (tertiary alicyclic amines) is 1. The minimum Gasteiger partial charge on any atom is -0.445 e. The van der Waals surface area contributed by atoms with Crippen LogP contribution < -0.4 is 16.4 Å². The summed E-state index contributed by atoms with van der Waals surface area (Å²) in [5.74, 6) is -1.42. The van der Waals surface area contributed by atoms with Crippen molar-refractivity contribution in [3.63, 3.8) is 0 Å². The van der Waals surface area contributed by atoms with Gasteiger partial charge in [-0.25, -0.2) is 4.79 Å². The van der Waals surface area contributed by atoms with Crippen LogP contribution in [0.4, 0.5) is 4.79 Å². The van der Waals surface area contributed by atoms with Crippen molar-refractivity contribution >= 4 is 23.8 Å². The number of nitrogens with one attached hydrogen (secondary N) is 2. The van der Waals surface area contributed by atoms with Gasteiger partial charge in [0.05, 0.1) is 6.54 Å². The zero-order valence-corrected chi connectivity index (χ0v) is 18.1. The highest BCUT2D eigenvalue weighted by molar-refractivity contribution is 5.90. The molecule has 1 aromatic carbocycles. The number of nitrogens with zero attached hydrogens (tertiary/aromatic N) is 1. The Kier molecular flexibility index (Phi) is 9.30. The summed E-state index contributed by atoms with van der Waals surface area (Å²) in [4.78, 5) is 49.8. The van der Waals surface area contributed by atoms with Crippen molar-refractivity contribution in [2.45, 2.75) is 45.8 Å². The Morgan fingerprint density at radius 1 is 1.13 bits per heavy atom. The number of primary amides is 1. The predicted octanol–water partition coefficient (Wildman–Crippen LogP) is 1.17. The largest absolute Gasteiger partial charge is 0.445 e. The third-order valence-electron chi connectivity index (χ3n) is 5.11. The van der Waals surface area contributed by atoms with E-state index in [0.717, 1.165) is 5.56 Å². The smallest absolute Gasteiger partial charge is 0.410 e. The molecule has 4 amide bonds. The average molecular weight is 433 g/mol. The minimum absolute atomic E-state index is 0.172. The van der Waals surface area contributed by atoms with Gasteiger partial charge >= 0.3 is 6.09 Å². The van der Waals surface area contributed by atoms with Crippen molar-refractivity contribution in [2.75, 3.05) is 19.6 Å². The van der Waals surface area contributed by atoms with Crippen LogP contribution in [0.5, 0.6) is 0 Å². The highest BCUT2D eigenvalue weighted by Crippen LogP contribution is 2.19. The molecule has 1 fully saturated rings. The number of nitrogens with two attached hydrogens (primary N) is 1. The molecule has 1 heterocycles. The molecule has 0 aromatic heterocycles. The SMILES string of the molecule is CC(C)C[C@@H](NC(=O)C1CCN(C(=O)OCc2ccccc2)CC1)C(=O)NCC(N)=O. The first-order valence-corrected chi connectivity index (χ1v) is 10.6. The molecule has 1 aromatic rings. The molecule has 2 rings (SSSR count). The standard InChI is InChI=1S/C22H32N4O5/c1-15(2)12-18(21(29)24-13-19(23)27)25-20(28)17-8-10-26(11-9-17)22(30)31-14-16-6-4-3-5-7-16/h3-7,15,17-18H,8-14H2,1-2H3,(H2,23,27)(H,24,29)(H,25,28)/t18-/m1/s1. The molecule has 0 spiro atoms. The Morgan fingerprint density at radius 3 is 2.35 bits per heavy atom. The Bertz CT molecular complexity index is 760. The van der Waals surface area contributed by atoms with Crippen LogP contribution in [0.2, 0.25) is 0 Å². The molecule has 1 saturated heterocycles. The number of carbonyl (C=O) groups excluding carboxylic acids is 4. The zero-order valence-electron chi connectivity index (χ0n) is 18.1. The number of hydrogen-bond donors (Lipinski definition) is 3. The molecule has 31 heavy (non-hydrogen) atoms. The minimum atomic E-state index is -0.735. The van der Waals surface area contributed by atoms with Crippen LogP contribution >= 0.6 is 0 Å². The maximum atomic E-state index is 12.7. The van der Waals surface area contributed by atoms with Crippen molar-refractivity contribution < 1.29 is 23.9 Å². The topological polar surface area (TPSA) is 131 Å². The summed E-state index contributed by atoms with van der Waals surface area (Å²) in [7, 11) is 0. The van der Waals surface area contributed by atoms with Crippen LogP contribution in [0.25, 0.3) is 0 Å². The van der Waals surface area contributed by atoms with Gasteiger partial charge in [0.2, 0.25) is 17.7 Å². The highest BCUT2D eigenvalue weighted by atomic mass is 16.6. The molecule has 1 atom stereocenters. The van der Waals surface area contributed by atoms with Gasteiger partial charge in [0, 0.05) is 19.0 Å². The molecule has 0 aliphatic carbocycles. The lowest BCUT2D eigenvalue weighted by molar-refractivity contribution is -0.132. The third-order valence-corrected chi connectivity index (χ3v) is 5.11. The number of ether oxygens (including phenoxy) is 1. The van der Waals surface area contributed by atoms with Crippen molar-refractivity contribution in [1.29, 1.82) is 0 Å². The fourth-order valence-electron chi connectivity index (χ4n) is 3.42. The van der Waals surface area contributed by atoms with Crippen molar-refractivity contribution in [1.82, 2.24) is 15.5 Å². The van der Waals surface area contributed by atoms with Crippen LogP contribution in [-0.4, -0.2) is 54.4 Å². The molecule has 1 aliphatic rings. The van der Waals surface area contributed by atoms with E-state index >= 15 is 0 Å². The van der Waals surface area contributed by atoms with Crippen LogP contribution in [0.3, 0.4) is 0 Å². The van der Waals surface area contributed by atoms with Crippen LogP contribution in [0, 0.1) is 11.8 Å². The summed E-state index contributed by atoms with van der Waals surface area (Å²) in [6, 6.07) is 8.70. The van der Waals surface area contributed by atoms with E-state index in [1.807, 2.05) is 44.2 Å². The van der Waals surface area contributed by atoms with Gasteiger partial charge in [0.15, 0.2) is 0 Å². The molecule has 9 heteroatoms. The summed E-state index contributed by atoms with van der Waals surface area (Å²) >= 11 is 0. The van der Waals surface area contributed by atoms with Crippen molar-refractivity contribution in [3.8, 4) is 0 Å². The monoisotopic (exact) mass is 432 g/mol. The molecule has 0 saturated carbocycles. The van der Waals surface area contributed by atoms with Crippen LogP contribution in [0.15, 0.2) is 30.3 Å². The van der Waals surface area contributed by atoms with Gasteiger partial charge < -0.3 is 26.0 Å². The van der Waals surface area contributed by atoms with E-state index in [4.69, 9.17) is 10.5 Å². The molecule has 4 N–H and O–H groups in total. The lowest BCUT2D eigenvalue weighted by Gasteiger charge is -2.31. The lowest BCUT2D eigenvalue weighted by atomic mass is 9.95. The summed E-state index contributed by atoms with van der Waals surface area (Å²) < 4.78 is 5.35. The first-order valence-electron chi connectivity index (χ1n) is 10.6. The Hall–Kier alpha value is -3.10. The number of amides is 4. The van der Waals surface area contributed by atoms with Gasteiger partial charge in [-0.15, -0.1) is 0 Å². The van der Waals surface area contributed by atoms with Gasteiger partial charge in [-0.3, -0.25) is 14.4 Å². The maximum Gasteiger partial charge on any atom is 0.410 e. The quantitative estimate of drug-likeness (QED) is 0.539. The van der Waals surface area contributed by atoms with Gasteiger partial charge in [-0.1, -0.05) is 44.2 Å². The molecule has 9 nitrogen and oxygen atoms in total. The average Bonchev–Trinajstić information content (AvgIpc) is 2.75. The van der Waals surface area contributed by atoms with Gasteiger partial charge in [-0.2, -0.15) is 0 Å². The van der Waals surface area contributed by atoms with Crippen LogP contribution in [-0.2, 0) is 25.7 Å². The third kappa shape index (κ3) is 8.27. The second-order valence-corrected chi connectivity index (χ2v) is 8.18. The fourth-order valence-corrected chi connectivity index (χ4v) is 3.42. The van der Waals surface area contributed by atoms with E-state index in [1.54, 1.807) is 4.90 Å². The maximum absolute atomic E-state index is 12.7. The van der Waals surface area contributed by atoms with E-state index in [1.165, 1.54) is 0 Å². The number of hydrogen-bond acceptors (Lipinski definition) is 5. The normalized spacial score (nSPS) is 15.3. The van der Waals surface area contributed by atoms with Gasteiger partial charge in [0.1, 0.15) is 12.6 Å². The Morgan fingerprint density at radius 2 is 1.77 bits per heavy atom. The first kappa shape index (κ1) is 24.2. The second kappa shape index (κ2) is 11.9. The summed E-state index contributed by atoms with van der Waals surface area (Å²) in [5, 5.41) is 5.24. The second-order valence-electron chi connectivity index (χ2n) is 8.18. The summed E-state index contributed by atoms with van der Waals surface area (Å²) in [5.41, 5.74) is 5.98. The Balaban J connectivity index is 1.81. The fraction of sp³-hybridized carbons (Fsp3) is 0.545. The molecule has 170 valence electrons. The predicted molar refractivity (Wildman–Crippen MR) is 115 cm³/mol. The van der Waals surface area contributed by atoms with E-state index in [2.05, 4.69) is 10.6 Å². The van der Waals surface area contributed by atoms with E-state index < -0.39 is 23.9 Å². The molecule has 0 bridgehead atoms. The number of piperidine rings is 1. The first-order chi connectivity index (χ1) is 14.8. The lowest BCUT2D eigenvalue weighted by Crippen LogP contribution is -2.51. The van der Waals surface area contributed by atoms with Gasteiger partial charge in [-0.05, 0) is 30.7 Å². The number of carbonyl (C=O) groups is 4. The Labute approximate surface area is 182 Å². The van der Waals surface area contributed by atoms with Crippen molar-refractivity contribution in [3.05, 3.63) is 35.9 Å². The molecule has 1 aliphatic heterocycles. The van der Waals surface area contributed by atoms with Crippen molar-refractivity contribution in [2.24, 2.45) is 17.6 Å². The molecule has 0 radical (unpaired) electrons. The van der Waals surface area contributed by atoms with E-state index in [9.17, 15) is 19.2 Å². The molecular weight excluding hydrogens is 400 g/mol. The van der Waals surface area contributed by atoms with E-state index in [-0.39, 0.29) is 30.9 Å². The molecular formula is C22H32N4O5. The summed E-state index contributed by atoms with van der Waals surface area (Å²) in [6.07, 6.45) is 1.03. The zero-order chi connectivity index (χ0) is 22.8. The highest BCUT2D eigenvalue weighted by Gasteiger charge is 2.31. The van der Waals surface area contributed by atoms with Crippen LogP contribution in [0.1, 0.15) is 38.7 Å². The van der Waals surface area contributed by atoms with E-state index in [0.29, 0.717) is 32.4 Å². The number of rotatable bonds is 9. The molecule has 0 unspecified atom stereocenters. The number of benzene rings is 1. The van der Waals surface area contributed by atoms with Gasteiger partial charge in [0.25, 0.3) is 0 Å².